The average Bonchev–Trinajstić information content (AvgIpc) is 3.27. The van der Waals surface area contributed by atoms with Crippen LogP contribution < -0.4 is 10.9 Å². The Labute approximate surface area is 202 Å². The van der Waals surface area contributed by atoms with Crippen LogP contribution in [0.25, 0.3) is 16.7 Å². The second kappa shape index (κ2) is 9.62. The van der Waals surface area contributed by atoms with Crippen LogP contribution in [0.1, 0.15) is 44.6 Å². The van der Waals surface area contributed by atoms with Gasteiger partial charge in [-0.25, -0.2) is 0 Å². The number of hydrogen-bond acceptors (Lipinski definition) is 5. The van der Waals surface area contributed by atoms with Gasteiger partial charge in [0.05, 0.1) is 16.7 Å². The molecule has 0 spiro atoms. The molecule has 2 aromatic carbocycles. The number of nitrogens with zero attached hydrogens (tertiary/aromatic N) is 4. The Bertz CT molecular complexity index is 1370. The molecule has 2 aromatic heterocycles. The molecule has 0 atom stereocenters. The van der Waals surface area contributed by atoms with E-state index >= 15 is 0 Å². The Morgan fingerprint density at radius 2 is 1.85 bits per heavy atom. The van der Waals surface area contributed by atoms with Crippen molar-refractivity contribution >= 4 is 34.3 Å². The number of nitrogens with one attached hydrogen (secondary N) is 1. The highest BCUT2D eigenvalue weighted by Gasteiger charge is 2.38. The molecule has 2 heterocycles. The zero-order valence-electron chi connectivity index (χ0n) is 19.4. The number of carbonyl (C=O) groups is 1. The summed E-state index contributed by atoms with van der Waals surface area (Å²) in [5, 5.41) is 13.1. The highest BCUT2D eigenvalue weighted by atomic mass is 32.2. The van der Waals surface area contributed by atoms with Crippen molar-refractivity contribution in [3.05, 3.63) is 70.5 Å². The van der Waals surface area contributed by atoms with Crippen molar-refractivity contribution in [1.82, 2.24) is 24.5 Å². The molecular weight excluding hydrogens is 446 g/mol. The highest BCUT2D eigenvalue weighted by molar-refractivity contribution is 7.99. The molecule has 1 amide bonds. The summed E-state index contributed by atoms with van der Waals surface area (Å²) in [4.78, 5) is 25.8. The van der Waals surface area contributed by atoms with Crippen molar-refractivity contribution in [2.75, 3.05) is 12.3 Å². The maximum Gasteiger partial charge on any atom is 0.262 e. The van der Waals surface area contributed by atoms with Gasteiger partial charge in [0.1, 0.15) is 0 Å². The number of rotatable bonds is 9. The number of hydrogen-bond donors (Lipinski definition) is 1. The molecule has 0 unspecified atom stereocenters. The Balaban J connectivity index is 1.35. The van der Waals surface area contributed by atoms with E-state index in [2.05, 4.69) is 46.7 Å². The summed E-state index contributed by atoms with van der Waals surface area (Å²) in [5.74, 6) is 0.749. The number of aryl methyl sites for hydroxylation is 1. The summed E-state index contributed by atoms with van der Waals surface area (Å²) in [6.45, 7) is 3.34. The zero-order valence-corrected chi connectivity index (χ0v) is 20.2. The van der Waals surface area contributed by atoms with E-state index in [1.54, 1.807) is 4.57 Å². The number of carbonyl (C=O) groups excluding carboxylic acids is 1. The van der Waals surface area contributed by atoms with Crippen LogP contribution in [0.15, 0.2) is 64.5 Å². The SMILES string of the molecule is CCCCn1c(=O)c2ccccc2n2c(SCC(=O)NCC3(c4ccccc4)CCC3)nnc12. The van der Waals surface area contributed by atoms with Crippen molar-refractivity contribution in [1.29, 1.82) is 0 Å². The van der Waals surface area contributed by atoms with Gasteiger partial charge in [0.25, 0.3) is 5.56 Å². The van der Waals surface area contributed by atoms with Gasteiger partial charge in [-0.3, -0.25) is 18.6 Å². The summed E-state index contributed by atoms with van der Waals surface area (Å²) in [7, 11) is 0. The van der Waals surface area contributed by atoms with Gasteiger partial charge in [-0.1, -0.05) is 74.0 Å². The standard InChI is InChI=1S/C26H29N5O2S/c1-2-3-16-30-23(33)20-12-7-8-13-21(20)31-24(30)28-29-25(31)34-17-22(32)27-18-26(14-9-15-26)19-10-5-4-6-11-19/h4-8,10-13H,2-3,9,14-18H2,1H3,(H,27,32). The Morgan fingerprint density at radius 3 is 2.59 bits per heavy atom. The lowest BCUT2D eigenvalue weighted by Gasteiger charge is -2.42. The van der Waals surface area contributed by atoms with Gasteiger partial charge in [0.2, 0.25) is 11.7 Å². The van der Waals surface area contributed by atoms with Gasteiger partial charge in [-0.15, -0.1) is 10.2 Å². The molecule has 1 aliphatic carbocycles. The van der Waals surface area contributed by atoms with E-state index in [9.17, 15) is 9.59 Å². The molecule has 5 rings (SSSR count). The topological polar surface area (TPSA) is 81.3 Å². The number of para-hydroxylation sites is 1. The lowest BCUT2D eigenvalue weighted by Crippen LogP contribution is -2.46. The van der Waals surface area contributed by atoms with Crippen LogP contribution in [-0.2, 0) is 16.8 Å². The number of fused-ring (bicyclic) bond motifs is 3. The maximum absolute atomic E-state index is 13.1. The van der Waals surface area contributed by atoms with E-state index in [4.69, 9.17) is 0 Å². The summed E-state index contributed by atoms with van der Waals surface area (Å²) in [5.41, 5.74) is 2.06. The molecule has 4 aromatic rings. The van der Waals surface area contributed by atoms with Crippen molar-refractivity contribution in [2.45, 2.75) is 56.1 Å². The normalized spacial score (nSPS) is 14.9. The molecule has 1 saturated carbocycles. The van der Waals surface area contributed by atoms with Crippen LogP contribution >= 0.6 is 11.8 Å². The third kappa shape index (κ3) is 4.11. The van der Waals surface area contributed by atoms with Crippen LogP contribution in [0.5, 0.6) is 0 Å². The Kier molecular flexibility index (Phi) is 6.41. The summed E-state index contributed by atoms with van der Waals surface area (Å²) >= 11 is 1.35. The van der Waals surface area contributed by atoms with Gasteiger partial charge >= 0.3 is 0 Å². The molecule has 7 nitrogen and oxygen atoms in total. The van der Waals surface area contributed by atoms with E-state index in [0.29, 0.717) is 29.4 Å². The number of aromatic nitrogens is 4. The number of benzene rings is 2. The second-order valence-electron chi connectivity index (χ2n) is 9.01. The minimum Gasteiger partial charge on any atom is -0.354 e. The van der Waals surface area contributed by atoms with Gasteiger partial charge < -0.3 is 5.32 Å². The van der Waals surface area contributed by atoms with E-state index in [-0.39, 0.29) is 22.6 Å². The van der Waals surface area contributed by atoms with E-state index in [1.807, 2.05) is 34.7 Å². The summed E-state index contributed by atoms with van der Waals surface area (Å²) in [6, 6.07) is 18.0. The van der Waals surface area contributed by atoms with Crippen LogP contribution in [0.3, 0.4) is 0 Å². The monoisotopic (exact) mass is 475 g/mol. The van der Waals surface area contributed by atoms with Gasteiger partial charge in [-0.05, 0) is 37.0 Å². The van der Waals surface area contributed by atoms with Gasteiger partial charge in [0.15, 0.2) is 5.16 Å². The Morgan fingerprint density at radius 1 is 1.09 bits per heavy atom. The van der Waals surface area contributed by atoms with Crippen LogP contribution in [-0.4, -0.2) is 37.4 Å². The van der Waals surface area contributed by atoms with Crippen molar-refractivity contribution in [3.8, 4) is 0 Å². The minimum absolute atomic E-state index is 0.0208. The fraction of sp³-hybridized carbons (Fsp3) is 0.385. The van der Waals surface area contributed by atoms with Gasteiger partial charge in [-0.2, -0.15) is 0 Å². The first-order chi connectivity index (χ1) is 16.6. The summed E-state index contributed by atoms with van der Waals surface area (Å²) in [6.07, 6.45) is 5.25. The molecule has 1 aliphatic rings. The van der Waals surface area contributed by atoms with Crippen LogP contribution in [0.2, 0.25) is 0 Å². The largest absolute Gasteiger partial charge is 0.354 e. The minimum atomic E-state index is -0.0510. The van der Waals surface area contributed by atoms with Crippen molar-refractivity contribution in [2.24, 2.45) is 0 Å². The molecular formula is C26H29N5O2S. The first kappa shape index (κ1) is 22.7. The van der Waals surface area contributed by atoms with E-state index < -0.39 is 0 Å². The molecule has 8 heteroatoms. The molecule has 0 bridgehead atoms. The first-order valence-electron chi connectivity index (χ1n) is 11.9. The zero-order chi connectivity index (χ0) is 23.5. The first-order valence-corrected chi connectivity index (χ1v) is 12.9. The average molecular weight is 476 g/mol. The van der Waals surface area contributed by atoms with Gasteiger partial charge in [0, 0.05) is 18.5 Å². The highest BCUT2D eigenvalue weighted by Crippen LogP contribution is 2.43. The second-order valence-corrected chi connectivity index (χ2v) is 9.95. The third-order valence-electron chi connectivity index (χ3n) is 6.87. The summed E-state index contributed by atoms with van der Waals surface area (Å²) < 4.78 is 3.60. The maximum atomic E-state index is 13.1. The molecule has 34 heavy (non-hydrogen) atoms. The lowest BCUT2D eigenvalue weighted by molar-refractivity contribution is -0.119. The van der Waals surface area contributed by atoms with E-state index in [1.165, 1.54) is 23.7 Å². The number of amides is 1. The predicted molar refractivity (Wildman–Crippen MR) is 135 cm³/mol. The lowest BCUT2D eigenvalue weighted by atomic mass is 9.64. The molecule has 176 valence electrons. The Hall–Kier alpha value is -3.13. The molecule has 0 radical (unpaired) electrons. The molecule has 1 fully saturated rings. The van der Waals surface area contributed by atoms with Crippen molar-refractivity contribution < 1.29 is 4.79 Å². The fourth-order valence-corrected chi connectivity index (χ4v) is 5.53. The molecule has 0 aliphatic heterocycles. The van der Waals surface area contributed by atoms with Crippen molar-refractivity contribution in [3.63, 3.8) is 0 Å². The van der Waals surface area contributed by atoms with Crippen LogP contribution in [0.4, 0.5) is 0 Å². The third-order valence-corrected chi connectivity index (χ3v) is 7.80. The quantitative estimate of drug-likeness (QED) is 0.368. The fourth-order valence-electron chi connectivity index (χ4n) is 4.76. The number of unbranched alkanes of at least 4 members (excludes halogenated alkanes) is 1. The number of thioether (sulfide) groups is 1. The molecule has 0 saturated heterocycles. The van der Waals surface area contributed by atoms with E-state index in [0.717, 1.165) is 31.2 Å². The smallest absolute Gasteiger partial charge is 0.262 e. The van der Waals surface area contributed by atoms with Crippen LogP contribution in [0, 0.1) is 0 Å². The predicted octanol–water partition coefficient (Wildman–Crippen LogP) is 4.17. The molecule has 1 N–H and O–H groups in total.